The van der Waals surface area contributed by atoms with Gasteiger partial charge in [0.1, 0.15) is 0 Å². The van der Waals surface area contributed by atoms with Crippen LogP contribution in [0.25, 0.3) is 0 Å². The zero-order valence-electron chi connectivity index (χ0n) is 11.4. The highest BCUT2D eigenvalue weighted by molar-refractivity contribution is 5.29. The smallest absolute Gasteiger partial charge is 0.0412 e. The molecule has 1 heteroatoms. The summed E-state index contributed by atoms with van der Waals surface area (Å²) in [5.41, 5.74) is 1.56. The normalized spacial score (nSPS) is 38.8. The van der Waals surface area contributed by atoms with E-state index >= 15 is 0 Å². The van der Waals surface area contributed by atoms with Gasteiger partial charge in [-0.3, -0.25) is 4.90 Å². The van der Waals surface area contributed by atoms with Crippen LogP contribution in [0.15, 0.2) is 0 Å². The lowest BCUT2D eigenvalue weighted by atomic mass is 9.60. The Bertz CT molecular complexity index is 255. The standard InChI is InChI=1S/C14H27N/c1-7-13(5,8-2)12(3,4)10-14(6)11-9-15(11)14/h11H,7-10H2,1-6H3. The molecule has 2 saturated heterocycles. The van der Waals surface area contributed by atoms with Crippen molar-refractivity contribution in [3.63, 3.8) is 0 Å². The summed E-state index contributed by atoms with van der Waals surface area (Å²) < 4.78 is 0. The fraction of sp³-hybridized carbons (Fsp3) is 1.00. The van der Waals surface area contributed by atoms with Crippen molar-refractivity contribution in [1.29, 1.82) is 0 Å². The van der Waals surface area contributed by atoms with Crippen molar-refractivity contribution >= 4 is 0 Å². The van der Waals surface area contributed by atoms with Gasteiger partial charge in [0.25, 0.3) is 0 Å². The molecule has 0 aromatic rings. The summed E-state index contributed by atoms with van der Waals surface area (Å²) in [4.78, 5) is 2.64. The highest BCUT2D eigenvalue weighted by Crippen LogP contribution is 2.62. The number of fused-ring (bicyclic) bond motifs is 1. The minimum absolute atomic E-state index is 0.471. The fourth-order valence-corrected chi connectivity index (χ4v) is 3.55. The molecular formula is C14H27N. The Kier molecular flexibility index (Phi) is 2.29. The Morgan fingerprint density at radius 3 is 1.93 bits per heavy atom. The monoisotopic (exact) mass is 209 g/mol. The van der Waals surface area contributed by atoms with Gasteiger partial charge >= 0.3 is 0 Å². The van der Waals surface area contributed by atoms with Crippen molar-refractivity contribution in [1.82, 2.24) is 4.90 Å². The zero-order chi connectivity index (χ0) is 11.5. The number of hydrogen-bond acceptors (Lipinski definition) is 1. The third-order valence-electron chi connectivity index (χ3n) is 5.91. The molecule has 2 aliphatic heterocycles. The molecule has 0 aromatic heterocycles. The first-order valence-corrected chi connectivity index (χ1v) is 6.57. The highest BCUT2D eigenvalue weighted by atomic mass is 15.5. The van der Waals surface area contributed by atoms with Gasteiger partial charge in [-0.15, -0.1) is 0 Å². The molecule has 0 N–H and O–H groups in total. The second kappa shape index (κ2) is 3.00. The van der Waals surface area contributed by atoms with Crippen LogP contribution in [0.5, 0.6) is 0 Å². The third-order valence-corrected chi connectivity index (χ3v) is 5.91. The van der Waals surface area contributed by atoms with Crippen LogP contribution in [-0.2, 0) is 0 Å². The van der Waals surface area contributed by atoms with E-state index in [4.69, 9.17) is 0 Å². The van der Waals surface area contributed by atoms with E-state index in [0.717, 1.165) is 6.04 Å². The van der Waals surface area contributed by atoms with Crippen LogP contribution in [0.4, 0.5) is 0 Å². The molecule has 0 amide bonds. The highest BCUT2D eigenvalue weighted by Gasteiger charge is 2.72. The van der Waals surface area contributed by atoms with Crippen molar-refractivity contribution in [3.8, 4) is 0 Å². The number of rotatable bonds is 5. The number of hydrogen-bond donors (Lipinski definition) is 0. The third kappa shape index (κ3) is 1.46. The van der Waals surface area contributed by atoms with E-state index in [1.54, 1.807) is 0 Å². The van der Waals surface area contributed by atoms with E-state index in [2.05, 4.69) is 46.4 Å². The SMILES string of the molecule is CCC(C)(CC)C(C)(C)CC1(C)C2CN21. The van der Waals surface area contributed by atoms with Crippen LogP contribution in [-0.4, -0.2) is 23.0 Å². The molecule has 0 aromatic carbocycles. The van der Waals surface area contributed by atoms with Crippen LogP contribution in [0.2, 0.25) is 0 Å². The van der Waals surface area contributed by atoms with Crippen LogP contribution in [0.1, 0.15) is 60.8 Å². The summed E-state index contributed by atoms with van der Waals surface area (Å²) in [6.45, 7) is 16.0. The van der Waals surface area contributed by atoms with E-state index in [-0.39, 0.29) is 0 Å². The first-order chi connectivity index (χ1) is 6.81. The molecule has 2 rings (SSSR count). The van der Waals surface area contributed by atoms with Gasteiger partial charge in [0.05, 0.1) is 0 Å². The van der Waals surface area contributed by atoms with Gasteiger partial charge < -0.3 is 0 Å². The summed E-state index contributed by atoms with van der Waals surface area (Å²) in [6.07, 6.45) is 3.98. The van der Waals surface area contributed by atoms with Crippen LogP contribution < -0.4 is 0 Å². The van der Waals surface area contributed by atoms with E-state index in [0.29, 0.717) is 16.4 Å². The molecule has 0 spiro atoms. The number of nitrogens with zero attached hydrogens (tertiary/aromatic N) is 1. The molecular weight excluding hydrogens is 182 g/mol. The Balaban J connectivity index is 2.05. The second-order valence-corrected chi connectivity index (χ2v) is 6.85. The molecule has 0 saturated carbocycles. The van der Waals surface area contributed by atoms with E-state index in [9.17, 15) is 0 Å². The van der Waals surface area contributed by atoms with Crippen molar-refractivity contribution in [3.05, 3.63) is 0 Å². The molecule has 88 valence electrons. The van der Waals surface area contributed by atoms with Gasteiger partial charge in [-0.2, -0.15) is 0 Å². The molecule has 3 atom stereocenters. The Morgan fingerprint density at radius 2 is 1.67 bits per heavy atom. The molecule has 1 nitrogen and oxygen atoms in total. The van der Waals surface area contributed by atoms with Crippen LogP contribution in [0, 0.1) is 10.8 Å². The summed E-state index contributed by atoms with van der Waals surface area (Å²) in [5, 5.41) is 0. The maximum Gasteiger partial charge on any atom is 0.0412 e. The van der Waals surface area contributed by atoms with E-state index in [1.165, 1.54) is 25.8 Å². The molecule has 0 aliphatic carbocycles. The summed E-state index contributed by atoms with van der Waals surface area (Å²) in [5.74, 6) is 0. The largest absolute Gasteiger partial charge is 0.289 e. The maximum absolute atomic E-state index is 2.64. The fourth-order valence-electron chi connectivity index (χ4n) is 3.55. The molecule has 2 aliphatic rings. The maximum atomic E-state index is 2.64. The summed E-state index contributed by atoms with van der Waals surface area (Å²) in [7, 11) is 0. The zero-order valence-corrected chi connectivity index (χ0v) is 11.4. The first kappa shape index (κ1) is 11.4. The average Bonchev–Trinajstić information content (AvgIpc) is 3.04. The lowest BCUT2D eigenvalue weighted by Crippen LogP contribution is -2.40. The summed E-state index contributed by atoms with van der Waals surface area (Å²) >= 11 is 0. The Hall–Kier alpha value is -0.0400. The average molecular weight is 209 g/mol. The van der Waals surface area contributed by atoms with Gasteiger partial charge in [0.2, 0.25) is 0 Å². The lowest BCUT2D eigenvalue weighted by molar-refractivity contribution is 0.0495. The predicted octanol–water partition coefficient (Wildman–Crippen LogP) is 3.69. The van der Waals surface area contributed by atoms with E-state index in [1.807, 2.05) is 0 Å². The lowest BCUT2D eigenvalue weighted by Gasteiger charge is -2.46. The predicted molar refractivity (Wildman–Crippen MR) is 66.0 cm³/mol. The van der Waals surface area contributed by atoms with Crippen molar-refractivity contribution in [2.75, 3.05) is 6.54 Å². The quantitative estimate of drug-likeness (QED) is 0.624. The van der Waals surface area contributed by atoms with E-state index < -0.39 is 0 Å². The minimum atomic E-state index is 0.471. The van der Waals surface area contributed by atoms with Crippen LogP contribution in [0.3, 0.4) is 0 Å². The summed E-state index contributed by atoms with van der Waals surface area (Å²) in [6, 6.07) is 0.953. The van der Waals surface area contributed by atoms with Gasteiger partial charge in [0, 0.05) is 18.1 Å². The van der Waals surface area contributed by atoms with Crippen molar-refractivity contribution < 1.29 is 0 Å². The molecule has 0 radical (unpaired) electrons. The molecule has 2 fully saturated rings. The minimum Gasteiger partial charge on any atom is -0.289 e. The second-order valence-electron chi connectivity index (χ2n) is 6.85. The van der Waals surface area contributed by atoms with Gasteiger partial charge in [-0.05, 0) is 24.2 Å². The Labute approximate surface area is 95.2 Å². The first-order valence-electron chi connectivity index (χ1n) is 6.57. The molecule has 0 bridgehead atoms. The van der Waals surface area contributed by atoms with Gasteiger partial charge in [-0.25, -0.2) is 0 Å². The topological polar surface area (TPSA) is 3.01 Å². The molecule has 15 heavy (non-hydrogen) atoms. The van der Waals surface area contributed by atoms with Crippen LogP contribution >= 0.6 is 0 Å². The van der Waals surface area contributed by atoms with Crippen molar-refractivity contribution in [2.45, 2.75) is 72.4 Å². The van der Waals surface area contributed by atoms with Gasteiger partial charge in [0.15, 0.2) is 0 Å². The van der Waals surface area contributed by atoms with Gasteiger partial charge in [-0.1, -0.05) is 47.5 Å². The molecule has 2 heterocycles. The Morgan fingerprint density at radius 1 is 1.20 bits per heavy atom. The van der Waals surface area contributed by atoms with Crippen molar-refractivity contribution in [2.24, 2.45) is 10.8 Å². The molecule has 3 unspecified atom stereocenters.